The molecule has 136 valence electrons. The van der Waals surface area contributed by atoms with Crippen molar-refractivity contribution in [1.82, 2.24) is 15.6 Å². The van der Waals surface area contributed by atoms with Gasteiger partial charge in [0.15, 0.2) is 5.96 Å². The predicted octanol–water partition coefficient (Wildman–Crippen LogP) is 3.20. The van der Waals surface area contributed by atoms with E-state index < -0.39 is 0 Å². The molecule has 2 rings (SSSR count). The van der Waals surface area contributed by atoms with Crippen LogP contribution in [-0.4, -0.2) is 32.2 Å². The van der Waals surface area contributed by atoms with Gasteiger partial charge in [-0.15, -0.1) is 11.3 Å². The number of nitrogens with one attached hydrogen (secondary N) is 2. The average Bonchev–Trinajstić information content (AvgIpc) is 2.94. The molecule has 1 unspecified atom stereocenters. The predicted molar refractivity (Wildman–Crippen MR) is 103 cm³/mol. The first-order valence-electron chi connectivity index (χ1n) is 8.10. The van der Waals surface area contributed by atoms with Crippen LogP contribution >= 0.6 is 11.3 Å². The number of benzene rings is 1. The number of ether oxygens (including phenoxy) is 2. The smallest absolute Gasteiger partial charge is 0.191 e. The van der Waals surface area contributed by atoms with Crippen LogP contribution < -0.4 is 20.1 Å². The number of nitrogens with zero attached hydrogens (tertiary/aromatic N) is 2. The summed E-state index contributed by atoms with van der Waals surface area (Å²) in [5.41, 5.74) is 2.07. The van der Waals surface area contributed by atoms with E-state index in [0.717, 1.165) is 33.7 Å². The van der Waals surface area contributed by atoms with Crippen LogP contribution in [0.2, 0.25) is 0 Å². The molecule has 1 heterocycles. The summed E-state index contributed by atoms with van der Waals surface area (Å²) in [6, 6.07) is 5.77. The Morgan fingerprint density at radius 1 is 1.28 bits per heavy atom. The lowest BCUT2D eigenvalue weighted by Gasteiger charge is -2.20. The number of aromatic nitrogens is 1. The van der Waals surface area contributed by atoms with Crippen molar-refractivity contribution in [3.05, 3.63) is 39.3 Å². The third-order valence-electron chi connectivity index (χ3n) is 3.90. The monoisotopic (exact) mass is 362 g/mol. The van der Waals surface area contributed by atoms with E-state index in [2.05, 4.69) is 27.5 Å². The van der Waals surface area contributed by atoms with E-state index in [-0.39, 0.29) is 6.04 Å². The van der Waals surface area contributed by atoms with Gasteiger partial charge >= 0.3 is 0 Å². The summed E-state index contributed by atoms with van der Waals surface area (Å²) in [5.74, 6) is 2.33. The Morgan fingerprint density at radius 3 is 2.60 bits per heavy atom. The molecule has 0 radical (unpaired) electrons. The van der Waals surface area contributed by atoms with Crippen molar-refractivity contribution in [2.24, 2.45) is 4.99 Å². The normalized spacial score (nSPS) is 12.6. The van der Waals surface area contributed by atoms with Crippen molar-refractivity contribution < 1.29 is 9.47 Å². The van der Waals surface area contributed by atoms with Gasteiger partial charge in [-0.25, -0.2) is 4.98 Å². The Hall–Kier alpha value is -2.28. The van der Waals surface area contributed by atoms with E-state index in [0.29, 0.717) is 6.54 Å². The standard InChI is InChI=1S/C18H26N4O2S/c1-11(15-9-14(23-5)7-8-16(15)24-6)22-18(19-4)20-10-17-12(2)21-13(3)25-17/h7-9,11H,10H2,1-6H3,(H2,19,20,22). The van der Waals surface area contributed by atoms with E-state index in [1.807, 2.05) is 32.0 Å². The summed E-state index contributed by atoms with van der Waals surface area (Å²) >= 11 is 1.70. The maximum absolute atomic E-state index is 5.47. The molecule has 2 aromatic rings. The van der Waals surface area contributed by atoms with Gasteiger partial charge in [0.1, 0.15) is 11.5 Å². The zero-order valence-electron chi connectivity index (χ0n) is 15.6. The number of hydrogen-bond acceptors (Lipinski definition) is 5. The van der Waals surface area contributed by atoms with Crippen LogP contribution in [0.15, 0.2) is 23.2 Å². The number of methoxy groups -OCH3 is 2. The maximum Gasteiger partial charge on any atom is 0.191 e. The summed E-state index contributed by atoms with van der Waals surface area (Å²) in [5, 5.41) is 7.81. The van der Waals surface area contributed by atoms with Crippen LogP contribution in [0, 0.1) is 13.8 Å². The minimum atomic E-state index is 0.000503. The second kappa shape index (κ2) is 8.71. The van der Waals surface area contributed by atoms with E-state index >= 15 is 0 Å². The first-order chi connectivity index (χ1) is 12.0. The Morgan fingerprint density at radius 2 is 2.04 bits per heavy atom. The van der Waals surface area contributed by atoms with Crippen molar-refractivity contribution >= 4 is 17.3 Å². The fourth-order valence-corrected chi connectivity index (χ4v) is 3.43. The zero-order valence-corrected chi connectivity index (χ0v) is 16.5. The van der Waals surface area contributed by atoms with Crippen molar-refractivity contribution in [3.8, 4) is 11.5 Å². The molecule has 0 aliphatic rings. The summed E-state index contributed by atoms with van der Waals surface area (Å²) in [7, 11) is 5.08. The molecule has 0 spiro atoms. The lowest BCUT2D eigenvalue weighted by molar-refractivity contribution is 0.394. The molecule has 1 aromatic carbocycles. The number of rotatable bonds is 6. The number of hydrogen-bond donors (Lipinski definition) is 2. The second-order valence-corrected chi connectivity index (χ2v) is 6.93. The number of aliphatic imine (C=N–C) groups is 1. The molecule has 0 fully saturated rings. The van der Waals surface area contributed by atoms with E-state index in [9.17, 15) is 0 Å². The Kier molecular flexibility index (Phi) is 6.64. The van der Waals surface area contributed by atoms with Crippen molar-refractivity contribution in [1.29, 1.82) is 0 Å². The molecule has 0 bridgehead atoms. The molecule has 0 amide bonds. The first kappa shape index (κ1) is 19.1. The van der Waals surface area contributed by atoms with Crippen LogP contribution in [0.4, 0.5) is 0 Å². The lowest BCUT2D eigenvalue weighted by atomic mass is 10.1. The minimum absolute atomic E-state index is 0.000503. The van der Waals surface area contributed by atoms with Crippen molar-refractivity contribution in [3.63, 3.8) is 0 Å². The molecule has 2 N–H and O–H groups in total. The van der Waals surface area contributed by atoms with Gasteiger partial charge in [-0.1, -0.05) is 0 Å². The molecule has 0 aliphatic carbocycles. The topological polar surface area (TPSA) is 67.8 Å². The van der Waals surface area contributed by atoms with Gasteiger partial charge in [-0.2, -0.15) is 0 Å². The molecule has 25 heavy (non-hydrogen) atoms. The molecular formula is C18H26N4O2S. The molecular weight excluding hydrogens is 336 g/mol. The van der Waals surface area contributed by atoms with E-state index in [1.54, 1.807) is 32.6 Å². The van der Waals surface area contributed by atoms with Crippen molar-refractivity contribution in [2.75, 3.05) is 21.3 Å². The summed E-state index contributed by atoms with van der Waals surface area (Å²) < 4.78 is 10.8. The van der Waals surface area contributed by atoms with Crippen LogP contribution in [-0.2, 0) is 6.54 Å². The SMILES string of the molecule is CN=C(NCc1sc(C)nc1C)NC(C)c1cc(OC)ccc1OC. The van der Waals surface area contributed by atoms with Crippen molar-refractivity contribution in [2.45, 2.75) is 33.4 Å². The van der Waals surface area contributed by atoms with Gasteiger partial charge in [0.2, 0.25) is 0 Å². The molecule has 0 saturated carbocycles. The molecule has 1 atom stereocenters. The Balaban J connectivity index is 2.07. The van der Waals surface area contributed by atoms with Crippen LogP contribution in [0.5, 0.6) is 11.5 Å². The zero-order chi connectivity index (χ0) is 18.4. The highest BCUT2D eigenvalue weighted by atomic mass is 32.1. The Bertz CT molecular complexity index is 743. The molecule has 7 heteroatoms. The number of thiazole rings is 1. The fraction of sp³-hybridized carbons (Fsp3) is 0.444. The maximum atomic E-state index is 5.47. The average molecular weight is 362 g/mol. The van der Waals surface area contributed by atoms with Gasteiger partial charge in [0, 0.05) is 17.5 Å². The molecule has 0 saturated heterocycles. The highest BCUT2D eigenvalue weighted by molar-refractivity contribution is 7.11. The Labute approximate surface area is 153 Å². The third kappa shape index (κ3) is 4.85. The highest BCUT2D eigenvalue weighted by Gasteiger charge is 2.15. The van der Waals surface area contributed by atoms with Gasteiger partial charge in [-0.05, 0) is 39.0 Å². The highest BCUT2D eigenvalue weighted by Crippen LogP contribution is 2.29. The van der Waals surface area contributed by atoms with Crippen LogP contribution in [0.1, 0.15) is 34.1 Å². The summed E-state index contributed by atoms with van der Waals surface area (Å²) in [4.78, 5) is 9.98. The molecule has 1 aromatic heterocycles. The summed E-state index contributed by atoms with van der Waals surface area (Å²) in [6.07, 6.45) is 0. The fourth-order valence-electron chi connectivity index (χ4n) is 2.56. The van der Waals surface area contributed by atoms with Gasteiger partial charge < -0.3 is 20.1 Å². The quantitative estimate of drug-likeness (QED) is 0.610. The van der Waals surface area contributed by atoms with Crippen LogP contribution in [0.25, 0.3) is 0 Å². The van der Waals surface area contributed by atoms with E-state index in [1.165, 1.54) is 4.88 Å². The number of guanidine groups is 1. The van der Waals surface area contributed by atoms with E-state index in [4.69, 9.17) is 9.47 Å². The summed E-state index contributed by atoms with van der Waals surface area (Å²) in [6.45, 7) is 6.80. The first-order valence-corrected chi connectivity index (χ1v) is 8.92. The minimum Gasteiger partial charge on any atom is -0.497 e. The largest absolute Gasteiger partial charge is 0.497 e. The van der Waals surface area contributed by atoms with Gasteiger partial charge in [-0.3, -0.25) is 4.99 Å². The van der Waals surface area contributed by atoms with Gasteiger partial charge in [0.05, 0.1) is 37.5 Å². The molecule has 0 aliphatic heterocycles. The molecule has 6 nitrogen and oxygen atoms in total. The lowest BCUT2D eigenvalue weighted by Crippen LogP contribution is -2.38. The van der Waals surface area contributed by atoms with Crippen LogP contribution in [0.3, 0.4) is 0 Å². The second-order valence-electron chi connectivity index (χ2n) is 5.64. The number of aryl methyl sites for hydroxylation is 2. The van der Waals surface area contributed by atoms with Gasteiger partial charge in [0.25, 0.3) is 0 Å². The third-order valence-corrected chi connectivity index (χ3v) is 4.97.